The van der Waals surface area contributed by atoms with Gasteiger partial charge in [0, 0.05) is 24.0 Å². The summed E-state index contributed by atoms with van der Waals surface area (Å²) in [5.41, 5.74) is 2.10. The van der Waals surface area contributed by atoms with Gasteiger partial charge in [0.25, 0.3) is 0 Å². The molecule has 0 aliphatic heterocycles. The first-order valence-electron chi connectivity index (χ1n) is 4.98. The van der Waals surface area contributed by atoms with Gasteiger partial charge < -0.3 is 4.74 Å². The molecule has 0 unspecified atom stereocenters. The molecule has 0 amide bonds. The predicted octanol–water partition coefficient (Wildman–Crippen LogP) is 2.62. The zero-order valence-corrected chi connectivity index (χ0v) is 10.0. The van der Waals surface area contributed by atoms with Crippen molar-refractivity contribution in [2.75, 3.05) is 7.11 Å². The number of nitrogens with zero attached hydrogens (tertiary/aromatic N) is 2. The molecule has 3 nitrogen and oxygen atoms in total. The van der Waals surface area contributed by atoms with Crippen molar-refractivity contribution in [1.29, 1.82) is 0 Å². The fourth-order valence-electron chi connectivity index (χ4n) is 1.05. The summed E-state index contributed by atoms with van der Waals surface area (Å²) in [5, 5.41) is 0. The highest BCUT2D eigenvalue weighted by atomic mass is 16.5. The van der Waals surface area contributed by atoms with Crippen molar-refractivity contribution in [3.63, 3.8) is 0 Å². The summed E-state index contributed by atoms with van der Waals surface area (Å²) < 4.78 is 5.04. The second-order valence-corrected chi connectivity index (χ2v) is 4.51. The van der Waals surface area contributed by atoms with Crippen LogP contribution in [0.1, 0.15) is 31.9 Å². The lowest BCUT2D eigenvalue weighted by Gasteiger charge is -2.11. The Hall–Kier alpha value is -1.38. The highest BCUT2D eigenvalue weighted by Crippen LogP contribution is 2.13. The molecule has 0 saturated carbocycles. The number of aromatic nitrogens is 1. The number of hydrogen-bond donors (Lipinski definition) is 0. The first-order chi connectivity index (χ1) is 6.92. The molecule has 0 atom stereocenters. The molecule has 0 bridgehead atoms. The second kappa shape index (κ2) is 4.43. The number of hydrogen-bond acceptors (Lipinski definition) is 3. The molecule has 0 N–H and O–H groups in total. The van der Waals surface area contributed by atoms with Crippen LogP contribution in [0.3, 0.4) is 0 Å². The maximum absolute atomic E-state index is 5.04. The van der Waals surface area contributed by atoms with Crippen LogP contribution in [0.5, 0.6) is 5.88 Å². The van der Waals surface area contributed by atoms with Crippen LogP contribution in [-0.4, -0.2) is 23.8 Å². The smallest absolute Gasteiger partial charge is 0.213 e. The average molecular weight is 206 g/mol. The van der Waals surface area contributed by atoms with E-state index in [2.05, 4.69) is 30.7 Å². The van der Waals surface area contributed by atoms with Gasteiger partial charge in [-0.1, -0.05) is 0 Å². The van der Waals surface area contributed by atoms with Crippen LogP contribution in [0, 0.1) is 6.92 Å². The molecular formula is C12H18N2O. The Morgan fingerprint density at radius 3 is 2.53 bits per heavy atom. The molecule has 1 aromatic rings. The first-order valence-corrected chi connectivity index (χ1v) is 4.98. The lowest BCUT2D eigenvalue weighted by atomic mass is 10.1. The zero-order chi connectivity index (χ0) is 11.5. The SMILES string of the molecule is COc1cc(C)c(/C=N/C(C)(C)C)cn1. The van der Waals surface area contributed by atoms with E-state index < -0.39 is 0 Å². The van der Waals surface area contributed by atoms with Crippen LogP contribution < -0.4 is 4.74 Å². The number of rotatable bonds is 2. The van der Waals surface area contributed by atoms with Crippen LogP contribution >= 0.6 is 0 Å². The minimum atomic E-state index is -0.0492. The summed E-state index contributed by atoms with van der Waals surface area (Å²) >= 11 is 0. The Labute approximate surface area is 91.2 Å². The molecule has 15 heavy (non-hydrogen) atoms. The van der Waals surface area contributed by atoms with Gasteiger partial charge in [0.15, 0.2) is 0 Å². The van der Waals surface area contributed by atoms with E-state index in [0.717, 1.165) is 11.1 Å². The number of pyridine rings is 1. The number of aryl methyl sites for hydroxylation is 1. The maximum Gasteiger partial charge on any atom is 0.213 e. The fraction of sp³-hybridized carbons (Fsp3) is 0.500. The summed E-state index contributed by atoms with van der Waals surface area (Å²) in [4.78, 5) is 8.58. The van der Waals surface area contributed by atoms with E-state index >= 15 is 0 Å². The van der Waals surface area contributed by atoms with Crippen molar-refractivity contribution >= 4 is 6.21 Å². The minimum Gasteiger partial charge on any atom is -0.481 e. The number of methoxy groups -OCH3 is 1. The molecule has 1 heterocycles. The molecule has 0 saturated heterocycles. The third-order valence-corrected chi connectivity index (χ3v) is 1.93. The molecule has 82 valence electrons. The third-order valence-electron chi connectivity index (χ3n) is 1.93. The van der Waals surface area contributed by atoms with Gasteiger partial charge >= 0.3 is 0 Å². The van der Waals surface area contributed by atoms with Crippen LogP contribution in [-0.2, 0) is 0 Å². The lowest BCUT2D eigenvalue weighted by Crippen LogP contribution is -2.10. The van der Waals surface area contributed by atoms with Crippen LogP contribution in [0.25, 0.3) is 0 Å². The molecule has 0 aliphatic carbocycles. The summed E-state index contributed by atoms with van der Waals surface area (Å²) in [7, 11) is 1.62. The zero-order valence-electron chi connectivity index (χ0n) is 10.0. The van der Waals surface area contributed by atoms with E-state index in [0.29, 0.717) is 5.88 Å². The highest BCUT2D eigenvalue weighted by Gasteiger charge is 2.06. The Balaban J connectivity index is 2.92. The summed E-state index contributed by atoms with van der Waals surface area (Å²) in [6.45, 7) is 8.22. The van der Waals surface area contributed by atoms with E-state index in [-0.39, 0.29) is 5.54 Å². The largest absolute Gasteiger partial charge is 0.481 e. The molecule has 0 fully saturated rings. The molecule has 0 aliphatic rings. The first kappa shape index (κ1) is 11.7. The van der Waals surface area contributed by atoms with Gasteiger partial charge in [-0.15, -0.1) is 0 Å². The quantitative estimate of drug-likeness (QED) is 0.697. The van der Waals surface area contributed by atoms with Crippen molar-refractivity contribution < 1.29 is 4.74 Å². The van der Waals surface area contributed by atoms with Crippen molar-refractivity contribution in [1.82, 2.24) is 4.98 Å². The Bertz CT molecular complexity index is 364. The van der Waals surface area contributed by atoms with Gasteiger partial charge in [0.1, 0.15) is 0 Å². The van der Waals surface area contributed by atoms with Gasteiger partial charge in [0.2, 0.25) is 5.88 Å². The molecule has 0 aromatic carbocycles. The van der Waals surface area contributed by atoms with Crippen molar-refractivity contribution in [3.8, 4) is 5.88 Å². The van der Waals surface area contributed by atoms with E-state index in [1.165, 1.54) is 0 Å². The van der Waals surface area contributed by atoms with Gasteiger partial charge in [-0.3, -0.25) is 4.99 Å². The van der Waals surface area contributed by atoms with E-state index in [1.807, 2.05) is 19.2 Å². The average Bonchev–Trinajstić information content (AvgIpc) is 2.14. The molecular weight excluding hydrogens is 188 g/mol. The van der Waals surface area contributed by atoms with Crippen LogP contribution in [0.4, 0.5) is 0 Å². The molecule has 0 radical (unpaired) electrons. The van der Waals surface area contributed by atoms with Crippen molar-refractivity contribution in [2.24, 2.45) is 4.99 Å². The lowest BCUT2D eigenvalue weighted by molar-refractivity contribution is 0.397. The second-order valence-electron chi connectivity index (χ2n) is 4.51. The van der Waals surface area contributed by atoms with Gasteiger partial charge in [-0.05, 0) is 33.3 Å². The van der Waals surface area contributed by atoms with Crippen molar-refractivity contribution in [2.45, 2.75) is 33.2 Å². The fourth-order valence-corrected chi connectivity index (χ4v) is 1.05. The van der Waals surface area contributed by atoms with E-state index in [9.17, 15) is 0 Å². The van der Waals surface area contributed by atoms with Crippen LogP contribution in [0.2, 0.25) is 0 Å². The Kier molecular flexibility index (Phi) is 3.45. The molecule has 0 spiro atoms. The Morgan fingerprint density at radius 2 is 2.07 bits per heavy atom. The van der Waals surface area contributed by atoms with Crippen molar-refractivity contribution in [3.05, 3.63) is 23.4 Å². The normalized spacial score (nSPS) is 12.1. The highest BCUT2D eigenvalue weighted by molar-refractivity contribution is 5.81. The summed E-state index contributed by atoms with van der Waals surface area (Å²) in [6, 6.07) is 1.91. The summed E-state index contributed by atoms with van der Waals surface area (Å²) in [5.74, 6) is 0.639. The predicted molar refractivity (Wildman–Crippen MR) is 62.9 cm³/mol. The maximum atomic E-state index is 5.04. The van der Waals surface area contributed by atoms with Gasteiger partial charge in [-0.25, -0.2) is 4.98 Å². The number of aliphatic imine (C=N–C) groups is 1. The monoisotopic (exact) mass is 206 g/mol. The van der Waals surface area contributed by atoms with E-state index in [4.69, 9.17) is 4.74 Å². The summed E-state index contributed by atoms with van der Waals surface area (Å²) in [6.07, 6.45) is 3.64. The standard InChI is InChI=1S/C12H18N2O/c1-9-6-11(15-5)13-7-10(9)8-14-12(2,3)4/h6-8H,1-5H3/b14-8+. The third kappa shape index (κ3) is 3.70. The van der Waals surface area contributed by atoms with Crippen LogP contribution in [0.15, 0.2) is 17.3 Å². The van der Waals surface area contributed by atoms with Gasteiger partial charge in [-0.2, -0.15) is 0 Å². The number of ether oxygens (including phenoxy) is 1. The minimum absolute atomic E-state index is 0.0492. The van der Waals surface area contributed by atoms with Gasteiger partial charge in [0.05, 0.1) is 12.6 Å². The molecule has 1 rings (SSSR count). The topological polar surface area (TPSA) is 34.5 Å². The molecule has 3 heteroatoms. The van der Waals surface area contributed by atoms with E-state index in [1.54, 1.807) is 13.3 Å². The Morgan fingerprint density at radius 1 is 1.40 bits per heavy atom. The molecule has 1 aromatic heterocycles.